The van der Waals surface area contributed by atoms with Crippen LogP contribution < -0.4 is 4.74 Å². The topological polar surface area (TPSA) is 83.3 Å². The molecule has 0 unspecified atom stereocenters. The third-order valence-corrected chi connectivity index (χ3v) is 4.63. The molecule has 1 heterocycles. The molecule has 4 rings (SSSR count). The number of methoxy groups -OCH3 is 1. The number of halogens is 1. The Morgan fingerprint density at radius 3 is 2.31 bits per heavy atom. The van der Waals surface area contributed by atoms with Crippen molar-refractivity contribution in [3.63, 3.8) is 0 Å². The summed E-state index contributed by atoms with van der Waals surface area (Å²) < 4.78 is 25.3. The SMILES string of the molecule is COc1ccc(C(=O)COC(=O)c2nc(-c3ccccc3)n(-c3ccccc3)n2)cc1F. The van der Waals surface area contributed by atoms with Crippen molar-refractivity contribution in [3.05, 3.63) is 96.1 Å². The summed E-state index contributed by atoms with van der Waals surface area (Å²) >= 11 is 0. The third kappa shape index (κ3) is 4.39. The molecule has 32 heavy (non-hydrogen) atoms. The molecule has 0 saturated carbocycles. The normalized spacial score (nSPS) is 10.6. The second kappa shape index (κ2) is 9.22. The summed E-state index contributed by atoms with van der Waals surface area (Å²) in [5, 5.41) is 4.29. The first-order valence-corrected chi connectivity index (χ1v) is 9.68. The van der Waals surface area contributed by atoms with Crippen LogP contribution in [0.15, 0.2) is 78.9 Å². The van der Waals surface area contributed by atoms with E-state index in [4.69, 9.17) is 9.47 Å². The Kier molecular flexibility index (Phi) is 6.03. The van der Waals surface area contributed by atoms with Gasteiger partial charge in [-0.1, -0.05) is 48.5 Å². The molecule has 7 nitrogen and oxygen atoms in total. The number of carbonyl (C=O) groups is 2. The van der Waals surface area contributed by atoms with Crippen molar-refractivity contribution in [1.29, 1.82) is 0 Å². The molecule has 0 amide bonds. The number of rotatable bonds is 7. The number of esters is 1. The standard InChI is InChI=1S/C24H18FN3O4/c1-31-21-13-12-17(14-19(21)25)20(29)15-32-24(30)22-26-23(16-8-4-2-5-9-16)28(27-22)18-10-6-3-7-11-18/h2-14H,15H2,1H3. The number of hydrogen-bond donors (Lipinski definition) is 0. The number of benzene rings is 3. The van der Waals surface area contributed by atoms with E-state index in [1.165, 1.54) is 23.9 Å². The van der Waals surface area contributed by atoms with Crippen molar-refractivity contribution in [1.82, 2.24) is 14.8 Å². The van der Waals surface area contributed by atoms with Gasteiger partial charge < -0.3 is 9.47 Å². The number of ether oxygens (including phenoxy) is 2. The molecule has 1 aromatic heterocycles. The van der Waals surface area contributed by atoms with Crippen LogP contribution in [0.3, 0.4) is 0 Å². The molecule has 4 aromatic rings. The Hall–Kier alpha value is -4.33. The highest BCUT2D eigenvalue weighted by atomic mass is 19.1. The molecule has 0 N–H and O–H groups in total. The Morgan fingerprint density at radius 1 is 0.969 bits per heavy atom. The van der Waals surface area contributed by atoms with E-state index >= 15 is 0 Å². The van der Waals surface area contributed by atoms with Gasteiger partial charge in [-0.05, 0) is 30.3 Å². The summed E-state index contributed by atoms with van der Waals surface area (Å²) in [6.45, 7) is -0.578. The average Bonchev–Trinajstić information content (AvgIpc) is 3.29. The maximum Gasteiger partial charge on any atom is 0.378 e. The van der Waals surface area contributed by atoms with Gasteiger partial charge in [-0.25, -0.2) is 18.9 Å². The van der Waals surface area contributed by atoms with Gasteiger partial charge in [0.05, 0.1) is 12.8 Å². The molecule has 160 valence electrons. The minimum Gasteiger partial charge on any atom is -0.494 e. The molecular weight excluding hydrogens is 413 g/mol. The lowest BCUT2D eigenvalue weighted by Gasteiger charge is -2.05. The van der Waals surface area contributed by atoms with Gasteiger partial charge in [-0.15, -0.1) is 5.10 Å². The lowest BCUT2D eigenvalue weighted by Crippen LogP contribution is -2.16. The Balaban J connectivity index is 1.56. The summed E-state index contributed by atoms with van der Waals surface area (Å²) in [5.74, 6) is -1.83. The third-order valence-electron chi connectivity index (χ3n) is 4.63. The van der Waals surface area contributed by atoms with Crippen molar-refractivity contribution in [2.75, 3.05) is 13.7 Å². The van der Waals surface area contributed by atoms with E-state index in [1.54, 1.807) is 0 Å². The molecule has 0 aliphatic heterocycles. The maximum atomic E-state index is 13.8. The Morgan fingerprint density at radius 2 is 1.66 bits per heavy atom. The largest absolute Gasteiger partial charge is 0.494 e. The van der Waals surface area contributed by atoms with Gasteiger partial charge in [0.25, 0.3) is 5.82 Å². The predicted molar refractivity (Wildman–Crippen MR) is 114 cm³/mol. The highest BCUT2D eigenvalue weighted by Gasteiger charge is 2.21. The fraction of sp³-hybridized carbons (Fsp3) is 0.0833. The predicted octanol–water partition coefficient (Wildman–Crippen LogP) is 4.12. The van der Waals surface area contributed by atoms with Crippen molar-refractivity contribution in [2.24, 2.45) is 0 Å². The minimum atomic E-state index is -0.862. The second-order valence-electron chi connectivity index (χ2n) is 6.72. The average molecular weight is 431 g/mol. The van der Waals surface area contributed by atoms with Gasteiger partial charge in [0.1, 0.15) is 0 Å². The van der Waals surface area contributed by atoms with Crippen LogP contribution in [-0.2, 0) is 4.74 Å². The van der Waals surface area contributed by atoms with E-state index in [2.05, 4.69) is 10.1 Å². The number of Topliss-reactive ketones (excluding diaryl/α,β-unsaturated/α-hetero) is 1. The van der Waals surface area contributed by atoms with Crippen molar-refractivity contribution in [3.8, 4) is 22.8 Å². The fourth-order valence-electron chi connectivity index (χ4n) is 3.04. The van der Waals surface area contributed by atoms with Crippen LogP contribution in [0.1, 0.15) is 21.0 Å². The molecule has 0 bridgehead atoms. The van der Waals surface area contributed by atoms with E-state index < -0.39 is 24.2 Å². The van der Waals surface area contributed by atoms with Gasteiger partial charge in [0.15, 0.2) is 29.8 Å². The molecule has 8 heteroatoms. The maximum absolute atomic E-state index is 13.8. The molecule has 0 radical (unpaired) electrons. The highest BCUT2D eigenvalue weighted by Crippen LogP contribution is 2.21. The molecule has 0 saturated heterocycles. The van der Waals surface area contributed by atoms with E-state index in [0.29, 0.717) is 11.5 Å². The summed E-state index contributed by atoms with van der Waals surface area (Å²) in [7, 11) is 1.33. The van der Waals surface area contributed by atoms with E-state index in [0.717, 1.165) is 11.6 Å². The van der Waals surface area contributed by atoms with Crippen LogP contribution in [0.25, 0.3) is 17.1 Å². The molecule has 0 aliphatic rings. The number of carbonyl (C=O) groups excluding carboxylic acids is 2. The summed E-state index contributed by atoms with van der Waals surface area (Å²) in [4.78, 5) is 29.2. The molecule has 0 atom stereocenters. The van der Waals surface area contributed by atoms with Gasteiger partial charge in [0.2, 0.25) is 0 Å². The number of hydrogen-bond acceptors (Lipinski definition) is 6. The highest BCUT2D eigenvalue weighted by molar-refractivity contribution is 5.99. The van der Waals surface area contributed by atoms with Gasteiger partial charge in [-0.2, -0.15) is 0 Å². The number of aromatic nitrogens is 3. The Labute approximate surface area is 183 Å². The van der Waals surface area contributed by atoms with E-state index in [-0.39, 0.29) is 17.1 Å². The first-order valence-electron chi connectivity index (χ1n) is 9.68. The summed E-state index contributed by atoms with van der Waals surface area (Å²) in [5.41, 5.74) is 1.53. The van der Waals surface area contributed by atoms with Crippen LogP contribution >= 0.6 is 0 Å². The molecule has 0 fully saturated rings. The van der Waals surface area contributed by atoms with E-state index in [9.17, 15) is 14.0 Å². The minimum absolute atomic E-state index is 0.0163. The van der Waals surface area contributed by atoms with Crippen LogP contribution in [0, 0.1) is 5.82 Å². The molecule has 3 aromatic carbocycles. The monoisotopic (exact) mass is 431 g/mol. The van der Waals surface area contributed by atoms with Crippen LogP contribution in [-0.4, -0.2) is 40.2 Å². The van der Waals surface area contributed by atoms with Crippen molar-refractivity contribution >= 4 is 11.8 Å². The number of ketones is 1. The molecular formula is C24H18FN3O4. The first kappa shape index (κ1) is 20.9. The van der Waals surface area contributed by atoms with Crippen LogP contribution in [0.2, 0.25) is 0 Å². The first-order chi connectivity index (χ1) is 15.6. The zero-order valence-corrected chi connectivity index (χ0v) is 17.1. The summed E-state index contributed by atoms with van der Waals surface area (Å²) in [6.07, 6.45) is 0. The Bertz CT molecular complexity index is 1200. The molecule has 0 spiro atoms. The van der Waals surface area contributed by atoms with Crippen LogP contribution in [0.5, 0.6) is 5.75 Å². The van der Waals surface area contributed by atoms with Crippen molar-refractivity contribution < 1.29 is 23.5 Å². The number of para-hydroxylation sites is 1. The summed E-state index contributed by atoms with van der Waals surface area (Å²) in [6, 6.07) is 22.2. The van der Waals surface area contributed by atoms with Crippen molar-refractivity contribution in [2.45, 2.75) is 0 Å². The second-order valence-corrected chi connectivity index (χ2v) is 6.72. The van der Waals surface area contributed by atoms with Gasteiger partial charge in [0, 0.05) is 11.1 Å². The zero-order valence-electron chi connectivity index (χ0n) is 17.1. The number of nitrogens with zero attached hydrogens (tertiary/aromatic N) is 3. The lowest BCUT2D eigenvalue weighted by molar-refractivity contribution is 0.0462. The fourth-order valence-corrected chi connectivity index (χ4v) is 3.04. The molecule has 0 aliphatic carbocycles. The van der Waals surface area contributed by atoms with Gasteiger partial charge in [-0.3, -0.25) is 4.79 Å². The quantitative estimate of drug-likeness (QED) is 0.323. The van der Waals surface area contributed by atoms with Crippen LogP contribution in [0.4, 0.5) is 4.39 Å². The smallest absolute Gasteiger partial charge is 0.378 e. The van der Waals surface area contributed by atoms with Gasteiger partial charge >= 0.3 is 5.97 Å². The zero-order chi connectivity index (χ0) is 22.5. The lowest BCUT2D eigenvalue weighted by atomic mass is 10.1. The van der Waals surface area contributed by atoms with E-state index in [1.807, 2.05) is 60.7 Å².